The minimum atomic E-state index is -3.97. The van der Waals surface area contributed by atoms with Crippen molar-refractivity contribution in [2.75, 3.05) is 24.5 Å². The van der Waals surface area contributed by atoms with Gasteiger partial charge in [0.15, 0.2) is 0 Å². The Hall–Kier alpha value is -3.32. The first-order valence-electron chi connectivity index (χ1n) is 10.4. The Morgan fingerprint density at radius 2 is 1.66 bits per heavy atom. The Labute approximate surface area is 189 Å². The maximum Gasteiger partial charge on any atom is 0.265 e. The summed E-state index contributed by atoms with van der Waals surface area (Å²) in [6.07, 6.45) is 0.666. The molecule has 0 saturated heterocycles. The summed E-state index contributed by atoms with van der Waals surface area (Å²) in [6.45, 7) is 3.69. The van der Waals surface area contributed by atoms with E-state index in [1.807, 2.05) is 43.3 Å². The molecule has 0 unspecified atom stereocenters. The van der Waals surface area contributed by atoms with Gasteiger partial charge in [-0.1, -0.05) is 42.5 Å². The molecule has 0 atom stereocenters. The molecule has 0 spiro atoms. The molecule has 0 bridgehead atoms. The Kier molecular flexibility index (Phi) is 7.53. The lowest BCUT2D eigenvalue weighted by atomic mass is 10.1. The molecular weight excluding hydrogens is 424 g/mol. The zero-order chi connectivity index (χ0) is 23.1. The summed E-state index contributed by atoms with van der Waals surface area (Å²) in [6, 6.07) is 21.7. The maximum atomic E-state index is 13.6. The van der Waals surface area contributed by atoms with Crippen LogP contribution >= 0.6 is 0 Å². The van der Waals surface area contributed by atoms with Crippen LogP contribution in [0.4, 0.5) is 5.69 Å². The lowest BCUT2D eigenvalue weighted by molar-refractivity contribution is -0.119. The number of nitrogens with one attached hydrogen (secondary N) is 1. The standard InChI is InChI=1S/C25H28N2O4S/c1-19-9-10-20(2)24(17-19)32(29,30)27(22-11-13-23(31-3)14-12-22)18-25(28)26-16-15-21-7-5-4-6-8-21/h4-14,17H,15-16,18H2,1-3H3,(H,26,28). The third-order valence-electron chi connectivity index (χ3n) is 5.14. The van der Waals surface area contributed by atoms with Crippen LogP contribution in [0.15, 0.2) is 77.7 Å². The average Bonchev–Trinajstić information content (AvgIpc) is 2.79. The van der Waals surface area contributed by atoms with Crippen LogP contribution in [0.2, 0.25) is 0 Å². The van der Waals surface area contributed by atoms with Crippen LogP contribution in [0.25, 0.3) is 0 Å². The summed E-state index contributed by atoms with van der Waals surface area (Å²) in [7, 11) is -2.43. The van der Waals surface area contributed by atoms with Gasteiger partial charge in [-0.3, -0.25) is 9.10 Å². The first-order valence-corrected chi connectivity index (χ1v) is 11.8. The molecule has 0 aliphatic carbocycles. The van der Waals surface area contributed by atoms with Crippen molar-refractivity contribution in [2.24, 2.45) is 0 Å². The monoisotopic (exact) mass is 452 g/mol. The predicted octanol–water partition coefficient (Wildman–Crippen LogP) is 3.87. The molecule has 6 nitrogen and oxygen atoms in total. The molecule has 0 aromatic heterocycles. The van der Waals surface area contributed by atoms with Gasteiger partial charge in [-0.25, -0.2) is 8.42 Å². The van der Waals surface area contributed by atoms with Gasteiger partial charge in [-0.15, -0.1) is 0 Å². The Morgan fingerprint density at radius 3 is 2.31 bits per heavy atom. The van der Waals surface area contributed by atoms with E-state index in [4.69, 9.17) is 4.74 Å². The Bertz CT molecular complexity index is 1160. The van der Waals surface area contributed by atoms with E-state index in [1.54, 1.807) is 50.4 Å². The number of hydrogen-bond acceptors (Lipinski definition) is 4. The molecule has 0 fully saturated rings. The lowest BCUT2D eigenvalue weighted by Gasteiger charge is -2.25. The molecule has 168 valence electrons. The molecule has 3 aromatic rings. The van der Waals surface area contributed by atoms with Gasteiger partial charge in [0.05, 0.1) is 17.7 Å². The Balaban J connectivity index is 1.85. The molecule has 0 radical (unpaired) electrons. The van der Waals surface area contributed by atoms with Crippen molar-refractivity contribution < 1.29 is 17.9 Å². The highest BCUT2D eigenvalue weighted by Crippen LogP contribution is 2.28. The van der Waals surface area contributed by atoms with Gasteiger partial charge in [0.2, 0.25) is 5.91 Å². The van der Waals surface area contributed by atoms with Crippen molar-refractivity contribution in [2.45, 2.75) is 25.2 Å². The van der Waals surface area contributed by atoms with Crippen molar-refractivity contribution >= 4 is 21.6 Å². The van der Waals surface area contributed by atoms with E-state index >= 15 is 0 Å². The number of methoxy groups -OCH3 is 1. The van der Waals surface area contributed by atoms with Gasteiger partial charge in [0, 0.05) is 6.54 Å². The van der Waals surface area contributed by atoms with Crippen molar-refractivity contribution in [3.8, 4) is 5.75 Å². The number of benzene rings is 3. The van der Waals surface area contributed by atoms with E-state index in [0.717, 1.165) is 15.4 Å². The fourth-order valence-corrected chi connectivity index (χ4v) is 5.08. The topological polar surface area (TPSA) is 75.7 Å². The number of sulfonamides is 1. The van der Waals surface area contributed by atoms with Gasteiger partial charge in [-0.2, -0.15) is 0 Å². The van der Waals surface area contributed by atoms with E-state index in [1.165, 1.54) is 0 Å². The van der Waals surface area contributed by atoms with Crippen LogP contribution < -0.4 is 14.4 Å². The highest BCUT2D eigenvalue weighted by atomic mass is 32.2. The predicted molar refractivity (Wildman–Crippen MR) is 127 cm³/mol. The zero-order valence-electron chi connectivity index (χ0n) is 18.5. The number of carbonyl (C=O) groups excluding carboxylic acids is 1. The SMILES string of the molecule is COc1ccc(N(CC(=O)NCCc2ccccc2)S(=O)(=O)c2cc(C)ccc2C)cc1. The third kappa shape index (κ3) is 5.68. The zero-order valence-corrected chi connectivity index (χ0v) is 19.4. The van der Waals surface area contributed by atoms with Crippen molar-refractivity contribution in [1.82, 2.24) is 5.32 Å². The highest BCUT2D eigenvalue weighted by molar-refractivity contribution is 7.93. The van der Waals surface area contributed by atoms with Gasteiger partial charge in [0.1, 0.15) is 12.3 Å². The van der Waals surface area contributed by atoms with E-state index in [0.29, 0.717) is 30.0 Å². The number of aryl methyl sites for hydroxylation is 2. The molecule has 32 heavy (non-hydrogen) atoms. The van der Waals surface area contributed by atoms with E-state index < -0.39 is 10.0 Å². The summed E-state index contributed by atoms with van der Waals surface area (Å²) in [4.78, 5) is 12.9. The summed E-state index contributed by atoms with van der Waals surface area (Å²) in [5, 5.41) is 2.83. The van der Waals surface area contributed by atoms with E-state index in [9.17, 15) is 13.2 Å². The largest absolute Gasteiger partial charge is 0.497 e. The smallest absolute Gasteiger partial charge is 0.265 e. The molecule has 7 heteroatoms. The number of ether oxygens (including phenoxy) is 1. The average molecular weight is 453 g/mol. The quantitative estimate of drug-likeness (QED) is 0.535. The molecule has 1 amide bonds. The molecule has 1 N–H and O–H groups in total. The number of hydrogen-bond donors (Lipinski definition) is 1. The molecule has 0 saturated carbocycles. The highest BCUT2D eigenvalue weighted by Gasteiger charge is 2.28. The molecule has 3 rings (SSSR count). The van der Waals surface area contributed by atoms with Gasteiger partial charge >= 0.3 is 0 Å². The second-order valence-electron chi connectivity index (χ2n) is 7.56. The van der Waals surface area contributed by atoms with Crippen LogP contribution in [0.1, 0.15) is 16.7 Å². The minimum absolute atomic E-state index is 0.186. The van der Waals surface area contributed by atoms with Crippen molar-refractivity contribution in [3.63, 3.8) is 0 Å². The van der Waals surface area contributed by atoms with E-state index in [-0.39, 0.29) is 17.3 Å². The second kappa shape index (κ2) is 10.3. The first-order chi connectivity index (χ1) is 15.3. The van der Waals surface area contributed by atoms with Gasteiger partial charge in [-0.05, 0) is 67.3 Å². The summed E-state index contributed by atoms with van der Waals surface area (Å²) < 4.78 is 33.5. The number of amides is 1. The number of nitrogens with zero attached hydrogens (tertiary/aromatic N) is 1. The van der Waals surface area contributed by atoms with Crippen molar-refractivity contribution in [3.05, 3.63) is 89.5 Å². The summed E-state index contributed by atoms with van der Waals surface area (Å²) in [5.41, 5.74) is 2.95. The third-order valence-corrected chi connectivity index (χ3v) is 7.05. The second-order valence-corrected chi connectivity index (χ2v) is 9.39. The fourth-order valence-electron chi connectivity index (χ4n) is 3.34. The molecular formula is C25H28N2O4S. The van der Waals surface area contributed by atoms with Crippen LogP contribution in [-0.2, 0) is 21.2 Å². The summed E-state index contributed by atoms with van der Waals surface area (Å²) in [5.74, 6) is 0.232. The normalized spacial score (nSPS) is 11.1. The molecule has 0 aliphatic heterocycles. The Morgan fingerprint density at radius 1 is 0.969 bits per heavy atom. The minimum Gasteiger partial charge on any atom is -0.497 e. The molecule has 0 aliphatic rings. The molecule has 3 aromatic carbocycles. The van der Waals surface area contributed by atoms with Gasteiger partial charge < -0.3 is 10.1 Å². The lowest BCUT2D eigenvalue weighted by Crippen LogP contribution is -2.41. The van der Waals surface area contributed by atoms with Gasteiger partial charge in [0.25, 0.3) is 10.0 Å². The van der Waals surface area contributed by atoms with Crippen LogP contribution in [0.5, 0.6) is 5.75 Å². The molecule has 0 heterocycles. The first kappa shape index (κ1) is 23.3. The number of anilines is 1. The van der Waals surface area contributed by atoms with Crippen LogP contribution in [0.3, 0.4) is 0 Å². The number of rotatable bonds is 9. The summed E-state index contributed by atoms with van der Waals surface area (Å²) >= 11 is 0. The van der Waals surface area contributed by atoms with Crippen LogP contribution in [-0.4, -0.2) is 34.5 Å². The maximum absolute atomic E-state index is 13.6. The van der Waals surface area contributed by atoms with Crippen LogP contribution in [0, 0.1) is 13.8 Å². The fraction of sp³-hybridized carbons (Fsp3) is 0.240. The van der Waals surface area contributed by atoms with Crippen molar-refractivity contribution in [1.29, 1.82) is 0 Å². The van der Waals surface area contributed by atoms with E-state index in [2.05, 4.69) is 5.32 Å². The number of carbonyl (C=O) groups is 1.